The van der Waals surface area contributed by atoms with E-state index in [2.05, 4.69) is 127 Å². The van der Waals surface area contributed by atoms with Crippen LogP contribution in [0.2, 0.25) is 0 Å². The van der Waals surface area contributed by atoms with Gasteiger partial charge in [-0.2, -0.15) is 0 Å². The van der Waals surface area contributed by atoms with Gasteiger partial charge in [0.25, 0.3) is 0 Å². The molecule has 0 fully saturated rings. The summed E-state index contributed by atoms with van der Waals surface area (Å²) in [4.78, 5) is 2.31. The molecular weight excluding hydrogens is 362 g/mol. The van der Waals surface area contributed by atoms with E-state index in [1.165, 1.54) is 28.8 Å². The topological polar surface area (TPSA) is 3.24 Å². The van der Waals surface area contributed by atoms with Crippen molar-refractivity contribution in [2.24, 2.45) is 0 Å². The molecule has 0 heterocycles. The van der Waals surface area contributed by atoms with Gasteiger partial charge in [-0.05, 0) is 59.5 Å². The summed E-state index contributed by atoms with van der Waals surface area (Å²) in [6.45, 7) is 2.22. The van der Waals surface area contributed by atoms with Crippen LogP contribution in [-0.4, -0.2) is 0 Å². The summed E-state index contributed by atoms with van der Waals surface area (Å²) < 4.78 is 0. The van der Waals surface area contributed by atoms with Crippen LogP contribution in [-0.2, 0) is 6.42 Å². The van der Waals surface area contributed by atoms with E-state index in [4.69, 9.17) is 0 Å². The van der Waals surface area contributed by atoms with Crippen LogP contribution >= 0.6 is 0 Å². The minimum absolute atomic E-state index is 1.12. The molecule has 0 saturated heterocycles. The van der Waals surface area contributed by atoms with Crippen LogP contribution < -0.4 is 4.90 Å². The molecule has 0 saturated carbocycles. The van der Waals surface area contributed by atoms with Crippen molar-refractivity contribution in [2.45, 2.75) is 19.8 Å². The van der Waals surface area contributed by atoms with Gasteiger partial charge in [-0.25, -0.2) is 0 Å². The zero-order valence-corrected chi connectivity index (χ0v) is 17.4. The molecule has 4 aromatic rings. The molecule has 0 bridgehead atoms. The van der Waals surface area contributed by atoms with E-state index in [1.807, 2.05) is 6.07 Å². The molecule has 1 heteroatoms. The van der Waals surface area contributed by atoms with Gasteiger partial charge in [0.2, 0.25) is 0 Å². The molecule has 0 aromatic heterocycles. The largest absolute Gasteiger partial charge is 0.311 e. The molecule has 1 nitrogen and oxygen atoms in total. The fourth-order valence-electron chi connectivity index (χ4n) is 3.62. The molecule has 0 spiro atoms. The van der Waals surface area contributed by atoms with Crippen LogP contribution in [0.4, 0.5) is 17.1 Å². The summed E-state index contributed by atoms with van der Waals surface area (Å²) in [6.07, 6.45) is 6.59. The Morgan fingerprint density at radius 2 is 1.00 bits per heavy atom. The van der Waals surface area contributed by atoms with E-state index < -0.39 is 0 Å². The van der Waals surface area contributed by atoms with Gasteiger partial charge in [0.1, 0.15) is 0 Å². The third-order valence-corrected chi connectivity index (χ3v) is 5.17. The number of hydrogen-bond acceptors (Lipinski definition) is 1. The number of para-hydroxylation sites is 1. The number of rotatable bonds is 7. The Labute approximate surface area is 179 Å². The van der Waals surface area contributed by atoms with Crippen molar-refractivity contribution in [3.05, 3.63) is 126 Å². The van der Waals surface area contributed by atoms with E-state index in [0.717, 1.165) is 17.8 Å². The molecular formula is C29H27N. The van der Waals surface area contributed by atoms with Crippen molar-refractivity contribution in [2.75, 3.05) is 4.90 Å². The molecule has 0 aliphatic heterocycles. The first kappa shape index (κ1) is 19.7. The Balaban J connectivity index is 1.63. The SMILES string of the molecule is CCCc1ccc(N(c2ccccc2)c2ccc(C=Cc3ccccc3)cc2)cc1. The molecule has 0 radical (unpaired) electrons. The summed E-state index contributed by atoms with van der Waals surface area (Å²) >= 11 is 0. The highest BCUT2D eigenvalue weighted by Crippen LogP contribution is 2.34. The fourth-order valence-corrected chi connectivity index (χ4v) is 3.62. The monoisotopic (exact) mass is 389 g/mol. The molecule has 4 aromatic carbocycles. The fraction of sp³-hybridized carbons (Fsp3) is 0.103. The van der Waals surface area contributed by atoms with Crippen LogP contribution in [0.15, 0.2) is 109 Å². The van der Waals surface area contributed by atoms with E-state index in [-0.39, 0.29) is 0 Å². The first-order valence-corrected chi connectivity index (χ1v) is 10.6. The van der Waals surface area contributed by atoms with E-state index >= 15 is 0 Å². The molecule has 0 aliphatic rings. The molecule has 30 heavy (non-hydrogen) atoms. The highest BCUT2D eigenvalue weighted by molar-refractivity contribution is 5.78. The average molecular weight is 390 g/mol. The molecule has 0 atom stereocenters. The summed E-state index contributed by atoms with van der Waals surface area (Å²) in [7, 11) is 0. The highest BCUT2D eigenvalue weighted by Gasteiger charge is 2.11. The first-order valence-electron chi connectivity index (χ1n) is 10.6. The highest BCUT2D eigenvalue weighted by atomic mass is 15.1. The first-order chi connectivity index (χ1) is 14.8. The van der Waals surface area contributed by atoms with Gasteiger partial charge in [-0.15, -0.1) is 0 Å². The minimum atomic E-state index is 1.12. The van der Waals surface area contributed by atoms with Crippen molar-refractivity contribution >= 4 is 29.2 Å². The third-order valence-electron chi connectivity index (χ3n) is 5.17. The predicted molar refractivity (Wildman–Crippen MR) is 130 cm³/mol. The summed E-state index contributed by atoms with van der Waals surface area (Å²) in [6, 6.07) is 38.6. The van der Waals surface area contributed by atoms with Gasteiger partial charge in [0.05, 0.1) is 0 Å². The van der Waals surface area contributed by atoms with Crippen LogP contribution in [0.3, 0.4) is 0 Å². The van der Waals surface area contributed by atoms with Crippen LogP contribution in [0.1, 0.15) is 30.0 Å². The third kappa shape index (κ3) is 4.87. The number of nitrogens with zero attached hydrogens (tertiary/aromatic N) is 1. The van der Waals surface area contributed by atoms with Gasteiger partial charge >= 0.3 is 0 Å². The molecule has 4 rings (SSSR count). The van der Waals surface area contributed by atoms with Crippen molar-refractivity contribution in [1.82, 2.24) is 0 Å². The molecule has 0 N–H and O–H groups in total. The Morgan fingerprint density at radius 3 is 1.57 bits per heavy atom. The predicted octanol–water partition coefficient (Wildman–Crippen LogP) is 8.28. The molecule has 0 aliphatic carbocycles. The lowest BCUT2D eigenvalue weighted by Gasteiger charge is -2.25. The van der Waals surface area contributed by atoms with Crippen molar-refractivity contribution in [3.8, 4) is 0 Å². The van der Waals surface area contributed by atoms with E-state index in [0.29, 0.717) is 0 Å². The van der Waals surface area contributed by atoms with Crippen LogP contribution in [0.25, 0.3) is 12.2 Å². The van der Waals surface area contributed by atoms with Crippen molar-refractivity contribution in [3.63, 3.8) is 0 Å². The van der Waals surface area contributed by atoms with E-state index in [1.54, 1.807) is 0 Å². The Hall–Kier alpha value is -3.58. The maximum atomic E-state index is 2.31. The number of anilines is 3. The maximum absolute atomic E-state index is 2.31. The van der Waals surface area contributed by atoms with Crippen LogP contribution in [0.5, 0.6) is 0 Å². The van der Waals surface area contributed by atoms with Gasteiger partial charge in [-0.1, -0.05) is 98.3 Å². The number of benzene rings is 4. The zero-order valence-electron chi connectivity index (χ0n) is 17.4. The van der Waals surface area contributed by atoms with Gasteiger partial charge < -0.3 is 4.90 Å². The standard InChI is InChI=1S/C29H27N/c1-2-9-24-16-20-28(21-17-24)30(27-12-7-4-8-13-27)29-22-18-26(19-23-29)15-14-25-10-5-3-6-11-25/h3-8,10-23H,2,9H2,1H3. The second-order valence-corrected chi connectivity index (χ2v) is 7.42. The summed E-state index contributed by atoms with van der Waals surface area (Å²) in [5.41, 5.74) is 7.27. The van der Waals surface area contributed by atoms with Gasteiger partial charge in [0.15, 0.2) is 0 Å². The Kier molecular flexibility index (Phi) is 6.41. The number of hydrogen-bond donors (Lipinski definition) is 0. The number of aryl methyl sites for hydroxylation is 1. The molecule has 148 valence electrons. The van der Waals surface area contributed by atoms with Crippen molar-refractivity contribution in [1.29, 1.82) is 0 Å². The average Bonchev–Trinajstić information content (AvgIpc) is 2.81. The lowest BCUT2D eigenvalue weighted by Crippen LogP contribution is -2.09. The lowest BCUT2D eigenvalue weighted by atomic mass is 10.1. The quantitative estimate of drug-likeness (QED) is 0.287. The maximum Gasteiger partial charge on any atom is 0.0462 e. The smallest absolute Gasteiger partial charge is 0.0462 e. The minimum Gasteiger partial charge on any atom is -0.311 e. The zero-order chi connectivity index (χ0) is 20.6. The van der Waals surface area contributed by atoms with E-state index in [9.17, 15) is 0 Å². The summed E-state index contributed by atoms with van der Waals surface area (Å²) in [5, 5.41) is 0. The Morgan fingerprint density at radius 1 is 0.533 bits per heavy atom. The second kappa shape index (κ2) is 9.76. The summed E-state index contributed by atoms with van der Waals surface area (Å²) in [5.74, 6) is 0. The van der Waals surface area contributed by atoms with Gasteiger partial charge in [-0.3, -0.25) is 0 Å². The second-order valence-electron chi connectivity index (χ2n) is 7.42. The normalized spacial score (nSPS) is 11.0. The Bertz CT molecular complexity index is 1060. The lowest BCUT2D eigenvalue weighted by molar-refractivity contribution is 0.922. The van der Waals surface area contributed by atoms with Gasteiger partial charge in [0, 0.05) is 17.1 Å². The molecule has 0 unspecified atom stereocenters. The molecule has 0 amide bonds. The van der Waals surface area contributed by atoms with Crippen molar-refractivity contribution < 1.29 is 0 Å². The van der Waals surface area contributed by atoms with Crippen LogP contribution in [0, 0.1) is 0 Å².